The first kappa shape index (κ1) is 32.3. The second kappa shape index (κ2) is 10.9. The third-order valence-electron chi connectivity index (χ3n) is 3.73. The van der Waals surface area contributed by atoms with Crippen LogP contribution in [0.3, 0.4) is 0 Å². The zero-order chi connectivity index (χ0) is 28.9. The van der Waals surface area contributed by atoms with Gasteiger partial charge in [-0.2, -0.15) is 0 Å². The molecular formula is C18H24O18. The molecule has 0 aromatic heterocycles. The van der Waals surface area contributed by atoms with Crippen LogP contribution in [0, 0.1) is 0 Å². The minimum Gasteiger partial charge on any atom is -0.419 e. The van der Waals surface area contributed by atoms with Crippen LogP contribution in [0.25, 0.3) is 0 Å². The van der Waals surface area contributed by atoms with Crippen LogP contribution in [0.2, 0.25) is 0 Å². The van der Waals surface area contributed by atoms with Gasteiger partial charge in [-0.05, 0) is 0 Å². The lowest BCUT2D eigenvalue weighted by atomic mass is 9.87. The lowest BCUT2D eigenvalue weighted by Gasteiger charge is -2.52. The summed E-state index contributed by atoms with van der Waals surface area (Å²) in [5, 5.41) is 55.0. The Kier molecular flexibility index (Phi) is 9.79. The lowest BCUT2D eigenvalue weighted by molar-refractivity contribution is -0.551. The Morgan fingerprint density at radius 3 is 1.03 bits per heavy atom. The van der Waals surface area contributed by atoms with Gasteiger partial charge in [-0.15, -0.1) is 0 Å². The zero-order valence-corrected chi connectivity index (χ0v) is 19.6. The van der Waals surface area contributed by atoms with E-state index >= 15 is 0 Å². The lowest BCUT2D eigenvalue weighted by Crippen LogP contribution is -2.85. The van der Waals surface area contributed by atoms with Gasteiger partial charge in [-0.3, -0.25) is 33.6 Å². The number of ether oxygens (including phenoxy) is 6. The quantitative estimate of drug-likeness (QED) is 0.0738. The van der Waals surface area contributed by atoms with Gasteiger partial charge in [-0.1, -0.05) is 0 Å². The van der Waals surface area contributed by atoms with Gasteiger partial charge in [0.1, 0.15) is 0 Å². The number of carbonyl (C=O) groups is 7. The van der Waals surface area contributed by atoms with E-state index in [1.165, 1.54) is 0 Å². The molecule has 0 radical (unpaired) electrons. The van der Waals surface area contributed by atoms with Gasteiger partial charge in [0.2, 0.25) is 0 Å². The number of carbonyl (C=O) groups excluding carboxylic acids is 7. The van der Waals surface area contributed by atoms with Crippen LogP contribution in [0.15, 0.2) is 0 Å². The Morgan fingerprint density at radius 1 is 0.472 bits per heavy atom. The Hall–Kier alpha value is -3.71. The van der Waals surface area contributed by atoms with E-state index in [0.717, 1.165) is 0 Å². The molecule has 0 aliphatic carbocycles. The molecule has 0 aliphatic heterocycles. The number of esters is 6. The summed E-state index contributed by atoms with van der Waals surface area (Å²) in [6.45, 7) is 2.73. The summed E-state index contributed by atoms with van der Waals surface area (Å²) in [6, 6.07) is 0. The van der Waals surface area contributed by atoms with Gasteiger partial charge in [0, 0.05) is 41.5 Å². The molecule has 0 aromatic carbocycles. The molecular weight excluding hydrogens is 504 g/mol. The van der Waals surface area contributed by atoms with Gasteiger partial charge in [0.05, 0.1) is 0 Å². The van der Waals surface area contributed by atoms with Crippen molar-refractivity contribution >= 4 is 42.1 Å². The highest BCUT2D eigenvalue weighted by atomic mass is 16.9. The summed E-state index contributed by atoms with van der Waals surface area (Å²) in [5.41, 5.74) is 0. The van der Waals surface area contributed by atoms with E-state index in [0.29, 0.717) is 41.5 Å². The van der Waals surface area contributed by atoms with E-state index in [2.05, 4.69) is 28.4 Å². The average Bonchev–Trinajstić information content (AvgIpc) is 2.63. The highest BCUT2D eigenvalue weighted by Crippen LogP contribution is 2.48. The van der Waals surface area contributed by atoms with Crippen LogP contribution in [-0.4, -0.2) is 96.8 Å². The molecule has 0 rings (SSSR count). The van der Waals surface area contributed by atoms with E-state index in [1.54, 1.807) is 0 Å². The summed E-state index contributed by atoms with van der Waals surface area (Å²) in [6.07, 6.45) is -0.934. The largest absolute Gasteiger partial charge is 0.451 e. The number of rotatable bonds is 11. The van der Waals surface area contributed by atoms with E-state index in [-0.39, 0.29) is 0 Å². The van der Waals surface area contributed by atoms with Crippen molar-refractivity contribution in [1.82, 2.24) is 0 Å². The van der Waals surface area contributed by atoms with Crippen molar-refractivity contribution in [3.63, 3.8) is 0 Å². The van der Waals surface area contributed by atoms with Crippen molar-refractivity contribution < 1.29 is 87.5 Å². The number of hydrogen-bond acceptors (Lipinski definition) is 18. The minimum atomic E-state index is -4.96. The molecule has 18 nitrogen and oxygen atoms in total. The molecule has 0 saturated carbocycles. The fourth-order valence-electron chi connectivity index (χ4n) is 2.67. The maximum atomic E-state index is 11.9. The highest BCUT2D eigenvalue weighted by Gasteiger charge is 2.87. The molecule has 0 saturated heterocycles. The van der Waals surface area contributed by atoms with E-state index in [4.69, 9.17) is 0 Å². The first-order valence-electron chi connectivity index (χ1n) is 9.32. The fraction of sp³-hybridized carbons (Fsp3) is 0.611. The van der Waals surface area contributed by atoms with Crippen LogP contribution in [0.5, 0.6) is 0 Å². The number of aldehydes is 1. The van der Waals surface area contributed by atoms with Crippen molar-refractivity contribution in [1.29, 1.82) is 0 Å². The molecule has 36 heavy (non-hydrogen) atoms. The van der Waals surface area contributed by atoms with Gasteiger partial charge in [0.25, 0.3) is 0 Å². The van der Waals surface area contributed by atoms with Crippen LogP contribution < -0.4 is 0 Å². The Balaban J connectivity index is 8.06. The van der Waals surface area contributed by atoms with Gasteiger partial charge >= 0.3 is 64.9 Å². The number of aliphatic hydroxyl groups is 5. The van der Waals surface area contributed by atoms with Crippen LogP contribution in [-0.2, 0) is 62.0 Å². The normalized spacial score (nSPS) is 17.9. The van der Waals surface area contributed by atoms with Crippen molar-refractivity contribution in [2.45, 2.75) is 70.7 Å². The first-order valence-corrected chi connectivity index (χ1v) is 9.32. The Morgan fingerprint density at radius 2 is 0.750 bits per heavy atom. The Bertz CT molecular complexity index is 926. The fourth-order valence-corrected chi connectivity index (χ4v) is 2.67. The van der Waals surface area contributed by atoms with Crippen molar-refractivity contribution in [3.8, 4) is 0 Å². The van der Waals surface area contributed by atoms with Gasteiger partial charge < -0.3 is 54.0 Å². The molecule has 204 valence electrons. The van der Waals surface area contributed by atoms with E-state index < -0.39 is 71.2 Å². The van der Waals surface area contributed by atoms with E-state index in [1.807, 2.05) is 0 Å². The minimum absolute atomic E-state index is 0.399. The smallest absolute Gasteiger partial charge is 0.419 e. The summed E-state index contributed by atoms with van der Waals surface area (Å²) in [7, 11) is 0. The van der Waals surface area contributed by atoms with Crippen LogP contribution >= 0.6 is 0 Å². The summed E-state index contributed by atoms with van der Waals surface area (Å²) < 4.78 is 25.6. The second-order valence-corrected chi connectivity index (χ2v) is 6.89. The molecule has 0 bridgehead atoms. The average molecular weight is 528 g/mol. The zero-order valence-electron chi connectivity index (χ0n) is 19.6. The Labute approximate surface area is 201 Å². The monoisotopic (exact) mass is 528 g/mol. The highest BCUT2D eigenvalue weighted by molar-refractivity contribution is 5.75. The summed E-state index contributed by atoms with van der Waals surface area (Å²) >= 11 is 0. The van der Waals surface area contributed by atoms with Crippen LogP contribution in [0.4, 0.5) is 0 Å². The third kappa shape index (κ3) is 6.10. The molecule has 0 heterocycles. The summed E-state index contributed by atoms with van der Waals surface area (Å²) in [5.74, 6) is -34.0. The standard InChI is InChI=1S/C18H24O18/c1-8(20)31-14(26,7-19)15(27,32-9(2)21)16(28,33-10(3)22)17(29,34-11(4)23)18(30,35-12(5)24)36-13(6)25/h7,26-30H,1-6H3/t14-,15+,16-,17-/m1/s1. The molecule has 18 heteroatoms. The molecule has 5 N–H and O–H groups in total. The second-order valence-electron chi connectivity index (χ2n) is 6.89. The third-order valence-corrected chi connectivity index (χ3v) is 3.73. The maximum Gasteiger partial charge on any atom is 0.451 e. The number of hydrogen-bond donors (Lipinski definition) is 5. The van der Waals surface area contributed by atoms with Crippen molar-refractivity contribution in [2.24, 2.45) is 0 Å². The topological polar surface area (TPSA) is 276 Å². The molecule has 0 aliphatic rings. The maximum absolute atomic E-state index is 11.9. The van der Waals surface area contributed by atoms with Gasteiger partial charge in [0.15, 0.2) is 6.29 Å². The molecule has 0 fully saturated rings. The molecule has 0 unspecified atom stereocenters. The predicted octanol–water partition coefficient (Wildman–Crippen LogP) is -4.04. The molecule has 0 spiro atoms. The first-order chi connectivity index (χ1) is 16.1. The van der Waals surface area contributed by atoms with Crippen molar-refractivity contribution in [2.75, 3.05) is 0 Å². The molecule has 4 atom stereocenters. The van der Waals surface area contributed by atoms with Crippen LogP contribution in [0.1, 0.15) is 41.5 Å². The summed E-state index contributed by atoms with van der Waals surface area (Å²) in [4.78, 5) is 81.9. The molecule has 0 aromatic rings. The van der Waals surface area contributed by atoms with E-state index in [9.17, 15) is 59.1 Å². The molecule has 0 amide bonds. The predicted molar refractivity (Wildman–Crippen MR) is 101 cm³/mol. The van der Waals surface area contributed by atoms with Gasteiger partial charge in [-0.25, -0.2) is 0 Å². The van der Waals surface area contributed by atoms with Crippen molar-refractivity contribution in [3.05, 3.63) is 0 Å². The SMILES string of the molecule is CC(=O)OC(O)(OC(C)=O)[C@](O)(OC(C)=O)[C@](O)(OC(C)=O)[C@@](O)(OC(C)=O)[C@@](O)(C=O)OC(C)=O.